The SMILES string of the molecule is CCOc1ccc(Cl)cc1NCc1c[nH]c2ncccc12. The van der Waals surface area contributed by atoms with Crippen LogP contribution >= 0.6 is 11.6 Å². The van der Waals surface area contributed by atoms with Crippen LogP contribution in [-0.2, 0) is 6.54 Å². The predicted molar refractivity (Wildman–Crippen MR) is 86.0 cm³/mol. The Morgan fingerprint density at radius 1 is 1.33 bits per heavy atom. The Morgan fingerprint density at radius 2 is 2.24 bits per heavy atom. The first kappa shape index (κ1) is 13.8. The predicted octanol–water partition coefficient (Wildman–Crippen LogP) is 4.23. The molecule has 3 rings (SSSR count). The average Bonchev–Trinajstić information content (AvgIpc) is 2.91. The summed E-state index contributed by atoms with van der Waals surface area (Å²) in [5.41, 5.74) is 2.94. The zero-order valence-corrected chi connectivity index (χ0v) is 12.4. The number of nitrogens with zero attached hydrogens (tertiary/aromatic N) is 1. The van der Waals surface area contributed by atoms with E-state index < -0.39 is 0 Å². The van der Waals surface area contributed by atoms with Gasteiger partial charge in [0.1, 0.15) is 11.4 Å². The van der Waals surface area contributed by atoms with Crippen LogP contribution in [0.2, 0.25) is 5.02 Å². The van der Waals surface area contributed by atoms with Crippen LogP contribution < -0.4 is 10.1 Å². The Hall–Kier alpha value is -2.20. The van der Waals surface area contributed by atoms with Crippen LogP contribution in [0, 0.1) is 0 Å². The number of halogens is 1. The van der Waals surface area contributed by atoms with Crippen molar-refractivity contribution in [3.8, 4) is 5.75 Å². The number of rotatable bonds is 5. The van der Waals surface area contributed by atoms with Gasteiger partial charge in [-0.2, -0.15) is 0 Å². The summed E-state index contributed by atoms with van der Waals surface area (Å²) in [6.45, 7) is 3.25. The molecule has 0 radical (unpaired) electrons. The highest BCUT2D eigenvalue weighted by Crippen LogP contribution is 2.29. The van der Waals surface area contributed by atoms with Crippen LogP contribution in [-0.4, -0.2) is 16.6 Å². The molecular formula is C16H16ClN3O. The molecule has 0 aliphatic heterocycles. The topological polar surface area (TPSA) is 49.9 Å². The van der Waals surface area contributed by atoms with E-state index in [1.165, 1.54) is 0 Å². The number of anilines is 1. The fourth-order valence-corrected chi connectivity index (χ4v) is 2.44. The maximum Gasteiger partial charge on any atom is 0.142 e. The molecule has 0 unspecified atom stereocenters. The minimum atomic E-state index is 0.618. The van der Waals surface area contributed by atoms with Crippen molar-refractivity contribution in [3.63, 3.8) is 0 Å². The highest BCUT2D eigenvalue weighted by atomic mass is 35.5. The lowest BCUT2D eigenvalue weighted by atomic mass is 10.2. The third-order valence-corrected chi connectivity index (χ3v) is 3.48. The molecule has 0 saturated carbocycles. The molecule has 0 amide bonds. The van der Waals surface area contributed by atoms with Gasteiger partial charge in [0.15, 0.2) is 0 Å². The highest BCUT2D eigenvalue weighted by Gasteiger charge is 2.07. The van der Waals surface area contributed by atoms with Gasteiger partial charge in [-0.05, 0) is 42.8 Å². The van der Waals surface area contributed by atoms with Gasteiger partial charge in [-0.15, -0.1) is 0 Å². The van der Waals surface area contributed by atoms with Gasteiger partial charge in [-0.1, -0.05) is 11.6 Å². The Morgan fingerprint density at radius 3 is 3.10 bits per heavy atom. The molecule has 0 bridgehead atoms. The molecule has 2 aromatic heterocycles. The first-order chi connectivity index (χ1) is 10.3. The molecule has 0 fully saturated rings. The van der Waals surface area contributed by atoms with Gasteiger partial charge in [0, 0.05) is 29.3 Å². The van der Waals surface area contributed by atoms with Crippen LogP contribution in [0.1, 0.15) is 12.5 Å². The molecule has 5 heteroatoms. The van der Waals surface area contributed by atoms with Gasteiger partial charge >= 0.3 is 0 Å². The molecular weight excluding hydrogens is 286 g/mol. The zero-order chi connectivity index (χ0) is 14.7. The van der Waals surface area contributed by atoms with E-state index in [1.807, 2.05) is 37.4 Å². The van der Waals surface area contributed by atoms with Crippen molar-refractivity contribution in [2.45, 2.75) is 13.5 Å². The summed E-state index contributed by atoms with van der Waals surface area (Å²) in [5.74, 6) is 0.805. The number of fused-ring (bicyclic) bond motifs is 1. The Labute approximate surface area is 128 Å². The largest absolute Gasteiger partial charge is 0.492 e. The molecule has 3 aromatic rings. The molecule has 4 nitrogen and oxygen atoms in total. The first-order valence-electron chi connectivity index (χ1n) is 6.85. The number of aromatic nitrogens is 2. The molecule has 0 atom stereocenters. The number of ether oxygens (including phenoxy) is 1. The minimum absolute atomic E-state index is 0.618. The number of aromatic amines is 1. The lowest BCUT2D eigenvalue weighted by Gasteiger charge is -2.12. The number of pyridine rings is 1. The molecule has 0 spiro atoms. The van der Waals surface area contributed by atoms with Crippen molar-refractivity contribution in [1.29, 1.82) is 0 Å². The van der Waals surface area contributed by atoms with Gasteiger partial charge in [0.2, 0.25) is 0 Å². The van der Waals surface area contributed by atoms with E-state index >= 15 is 0 Å². The van der Waals surface area contributed by atoms with E-state index in [2.05, 4.69) is 21.4 Å². The average molecular weight is 302 g/mol. The fraction of sp³-hybridized carbons (Fsp3) is 0.188. The van der Waals surface area contributed by atoms with E-state index in [0.717, 1.165) is 28.0 Å². The molecule has 1 aromatic carbocycles. The van der Waals surface area contributed by atoms with Gasteiger partial charge in [-0.3, -0.25) is 0 Å². The molecule has 108 valence electrons. The summed E-state index contributed by atoms with van der Waals surface area (Å²) < 4.78 is 5.61. The van der Waals surface area contributed by atoms with E-state index in [4.69, 9.17) is 16.3 Å². The molecule has 2 heterocycles. The number of hydrogen-bond donors (Lipinski definition) is 2. The quantitative estimate of drug-likeness (QED) is 0.741. The third-order valence-electron chi connectivity index (χ3n) is 3.25. The summed E-state index contributed by atoms with van der Waals surface area (Å²) in [7, 11) is 0. The van der Waals surface area contributed by atoms with Crippen LogP contribution in [0.25, 0.3) is 11.0 Å². The molecule has 2 N–H and O–H groups in total. The number of benzene rings is 1. The Balaban J connectivity index is 1.83. The zero-order valence-electron chi connectivity index (χ0n) is 11.7. The van der Waals surface area contributed by atoms with E-state index in [9.17, 15) is 0 Å². The van der Waals surface area contributed by atoms with Crippen LogP contribution in [0.5, 0.6) is 5.75 Å². The van der Waals surface area contributed by atoms with Crippen molar-refractivity contribution in [2.75, 3.05) is 11.9 Å². The maximum atomic E-state index is 6.06. The van der Waals surface area contributed by atoms with Crippen LogP contribution in [0.3, 0.4) is 0 Å². The molecule has 0 aliphatic rings. The van der Waals surface area contributed by atoms with Crippen molar-refractivity contribution in [1.82, 2.24) is 9.97 Å². The van der Waals surface area contributed by atoms with Crippen molar-refractivity contribution >= 4 is 28.3 Å². The van der Waals surface area contributed by atoms with Crippen molar-refractivity contribution < 1.29 is 4.74 Å². The molecule has 0 saturated heterocycles. The number of H-pyrrole nitrogens is 1. The first-order valence-corrected chi connectivity index (χ1v) is 7.23. The van der Waals surface area contributed by atoms with E-state index in [1.54, 1.807) is 6.20 Å². The second-order valence-corrected chi connectivity index (χ2v) is 5.08. The molecule has 0 aliphatic carbocycles. The molecule has 21 heavy (non-hydrogen) atoms. The third kappa shape index (κ3) is 2.95. The van der Waals surface area contributed by atoms with Gasteiger partial charge in [-0.25, -0.2) is 4.98 Å². The van der Waals surface area contributed by atoms with Crippen molar-refractivity contribution in [2.24, 2.45) is 0 Å². The Bertz CT molecular complexity index is 754. The van der Waals surface area contributed by atoms with Gasteiger partial charge in [0.05, 0.1) is 12.3 Å². The van der Waals surface area contributed by atoms with Gasteiger partial charge < -0.3 is 15.0 Å². The monoisotopic (exact) mass is 301 g/mol. The minimum Gasteiger partial charge on any atom is -0.492 e. The highest BCUT2D eigenvalue weighted by molar-refractivity contribution is 6.30. The van der Waals surface area contributed by atoms with Crippen LogP contribution in [0.4, 0.5) is 5.69 Å². The maximum absolute atomic E-state index is 6.06. The standard InChI is InChI=1S/C16H16ClN3O/c1-2-21-15-6-5-12(17)8-14(15)19-9-11-10-20-16-13(11)4-3-7-18-16/h3-8,10,19H,2,9H2,1H3,(H,18,20). The smallest absolute Gasteiger partial charge is 0.142 e. The lowest BCUT2D eigenvalue weighted by molar-refractivity contribution is 0.341. The van der Waals surface area contributed by atoms with Gasteiger partial charge in [0.25, 0.3) is 0 Å². The summed E-state index contributed by atoms with van der Waals surface area (Å²) >= 11 is 6.06. The number of nitrogens with one attached hydrogen (secondary N) is 2. The lowest BCUT2D eigenvalue weighted by Crippen LogP contribution is -2.02. The summed E-state index contributed by atoms with van der Waals surface area (Å²) in [6, 6.07) is 9.57. The number of hydrogen-bond acceptors (Lipinski definition) is 3. The van der Waals surface area contributed by atoms with Crippen LogP contribution in [0.15, 0.2) is 42.7 Å². The van der Waals surface area contributed by atoms with E-state index in [-0.39, 0.29) is 0 Å². The second kappa shape index (κ2) is 6.06. The normalized spacial score (nSPS) is 10.8. The van der Waals surface area contributed by atoms with Crippen molar-refractivity contribution in [3.05, 3.63) is 53.3 Å². The summed E-state index contributed by atoms with van der Waals surface area (Å²) in [5, 5.41) is 5.17. The summed E-state index contributed by atoms with van der Waals surface area (Å²) in [6.07, 6.45) is 3.75. The summed E-state index contributed by atoms with van der Waals surface area (Å²) in [4.78, 5) is 7.46. The Kier molecular flexibility index (Phi) is 3.97. The fourth-order valence-electron chi connectivity index (χ4n) is 2.27. The van der Waals surface area contributed by atoms with E-state index in [0.29, 0.717) is 18.2 Å². The second-order valence-electron chi connectivity index (χ2n) is 4.64.